The van der Waals surface area contributed by atoms with Crippen molar-refractivity contribution in [3.63, 3.8) is 0 Å². The van der Waals surface area contributed by atoms with Gasteiger partial charge in [-0.15, -0.1) is 0 Å². The summed E-state index contributed by atoms with van der Waals surface area (Å²) in [6, 6.07) is 15.1. The number of rotatable bonds is 4. The predicted octanol–water partition coefficient (Wildman–Crippen LogP) is 1.43. The zero-order chi connectivity index (χ0) is 13.0. The van der Waals surface area contributed by atoms with Crippen molar-refractivity contribution in [1.82, 2.24) is 0 Å². The highest BCUT2D eigenvalue weighted by atomic mass is 16.5. The summed E-state index contributed by atoms with van der Waals surface area (Å²) in [5.41, 5.74) is 2.24. The number of hydrogen-bond donors (Lipinski definition) is 2. The van der Waals surface area contributed by atoms with E-state index in [0.29, 0.717) is 17.8 Å². The first-order chi connectivity index (χ1) is 8.74. The van der Waals surface area contributed by atoms with Crippen molar-refractivity contribution in [1.29, 1.82) is 0 Å². The van der Waals surface area contributed by atoms with Crippen molar-refractivity contribution in [2.45, 2.75) is 6.92 Å². The lowest BCUT2D eigenvalue weighted by Crippen LogP contribution is -2.31. The first-order valence-electron chi connectivity index (χ1n) is 5.91. The molecule has 0 saturated carbocycles. The maximum Gasteiger partial charge on any atom is 0.492 e. The molecule has 2 aromatic rings. The Morgan fingerprint density at radius 3 is 2.33 bits per heavy atom. The van der Waals surface area contributed by atoms with E-state index in [1.54, 1.807) is 12.1 Å². The third-order valence-electron chi connectivity index (χ3n) is 2.70. The summed E-state index contributed by atoms with van der Waals surface area (Å²) in [5, 5.41) is 18.8. The summed E-state index contributed by atoms with van der Waals surface area (Å²) in [5.74, 6) is 0.529. The summed E-state index contributed by atoms with van der Waals surface area (Å²) >= 11 is 0. The van der Waals surface area contributed by atoms with E-state index in [1.807, 2.05) is 43.3 Å². The highest BCUT2D eigenvalue weighted by molar-refractivity contribution is 6.60. The number of benzene rings is 2. The van der Waals surface area contributed by atoms with Crippen LogP contribution < -0.4 is 10.2 Å². The molecule has 0 unspecified atom stereocenters. The van der Waals surface area contributed by atoms with Crippen LogP contribution in [-0.2, 0) is 0 Å². The molecule has 0 heterocycles. The Balaban J connectivity index is 2.56. The summed E-state index contributed by atoms with van der Waals surface area (Å²) in [6.45, 7) is 2.35. The van der Waals surface area contributed by atoms with Crippen molar-refractivity contribution >= 4 is 12.6 Å². The molecule has 3 nitrogen and oxygen atoms in total. The highest BCUT2D eigenvalue weighted by Gasteiger charge is 2.20. The molecule has 0 fully saturated rings. The van der Waals surface area contributed by atoms with Gasteiger partial charge in [0, 0.05) is 11.0 Å². The standard InChI is InChI=1S/C14H15BO3/c1-2-18-14-12(11-7-4-3-5-8-11)9-6-10-13(14)15(16)17/h3-10,16-17H,2H2,1H3. The molecule has 0 saturated heterocycles. The van der Waals surface area contributed by atoms with E-state index in [1.165, 1.54) is 0 Å². The fraction of sp³-hybridized carbons (Fsp3) is 0.143. The SMILES string of the molecule is CCOc1c(B(O)O)cccc1-c1ccccc1. The molecule has 0 bridgehead atoms. The second kappa shape index (κ2) is 5.71. The van der Waals surface area contributed by atoms with E-state index >= 15 is 0 Å². The monoisotopic (exact) mass is 242 g/mol. The molecular weight excluding hydrogens is 227 g/mol. The molecule has 0 radical (unpaired) electrons. The minimum absolute atomic E-state index is 0.387. The van der Waals surface area contributed by atoms with Gasteiger partial charge < -0.3 is 14.8 Å². The van der Waals surface area contributed by atoms with Gasteiger partial charge in [-0.25, -0.2) is 0 Å². The molecular formula is C14H15BO3. The minimum Gasteiger partial charge on any atom is -0.494 e. The van der Waals surface area contributed by atoms with Gasteiger partial charge >= 0.3 is 7.12 Å². The van der Waals surface area contributed by atoms with Crippen LogP contribution in [0.2, 0.25) is 0 Å². The van der Waals surface area contributed by atoms with Crippen molar-refractivity contribution in [2.24, 2.45) is 0 Å². The van der Waals surface area contributed by atoms with Gasteiger partial charge in [-0.05, 0) is 12.5 Å². The van der Waals surface area contributed by atoms with Gasteiger partial charge in [-0.3, -0.25) is 0 Å². The first-order valence-corrected chi connectivity index (χ1v) is 5.91. The Hall–Kier alpha value is -1.78. The number of hydrogen-bond acceptors (Lipinski definition) is 3. The lowest BCUT2D eigenvalue weighted by molar-refractivity contribution is 0.341. The zero-order valence-corrected chi connectivity index (χ0v) is 10.2. The zero-order valence-electron chi connectivity index (χ0n) is 10.2. The Labute approximate surface area is 107 Å². The molecule has 2 rings (SSSR count). The van der Waals surface area contributed by atoms with Gasteiger partial charge in [0.15, 0.2) is 0 Å². The van der Waals surface area contributed by atoms with Crippen molar-refractivity contribution < 1.29 is 14.8 Å². The maximum atomic E-state index is 9.38. The van der Waals surface area contributed by atoms with Crippen LogP contribution in [0.4, 0.5) is 0 Å². The summed E-state index contributed by atoms with van der Waals surface area (Å²) < 4.78 is 5.56. The van der Waals surface area contributed by atoms with Crippen LogP contribution in [0.25, 0.3) is 11.1 Å². The quantitative estimate of drug-likeness (QED) is 0.797. The number of ether oxygens (including phenoxy) is 1. The molecule has 4 heteroatoms. The third kappa shape index (κ3) is 2.55. The lowest BCUT2D eigenvalue weighted by atomic mass is 9.78. The van der Waals surface area contributed by atoms with Gasteiger partial charge in [0.2, 0.25) is 0 Å². The molecule has 2 aromatic carbocycles. The van der Waals surface area contributed by atoms with Crippen LogP contribution in [0.1, 0.15) is 6.92 Å². The van der Waals surface area contributed by atoms with Crippen molar-refractivity contribution in [3.05, 3.63) is 48.5 Å². The average molecular weight is 242 g/mol. The van der Waals surface area contributed by atoms with Gasteiger partial charge in [-0.1, -0.05) is 48.5 Å². The molecule has 0 aliphatic heterocycles. The smallest absolute Gasteiger partial charge is 0.492 e. The molecule has 0 aromatic heterocycles. The van der Waals surface area contributed by atoms with E-state index in [-0.39, 0.29) is 0 Å². The average Bonchev–Trinajstić information content (AvgIpc) is 2.40. The molecule has 0 aliphatic rings. The van der Waals surface area contributed by atoms with Gasteiger partial charge in [0.25, 0.3) is 0 Å². The van der Waals surface area contributed by atoms with Crippen LogP contribution in [0.3, 0.4) is 0 Å². The first kappa shape index (κ1) is 12.7. The Morgan fingerprint density at radius 1 is 1.00 bits per heavy atom. The number of para-hydroxylation sites is 1. The second-order valence-corrected chi connectivity index (χ2v) is 3.90. The van der Waals surface area contributed by atoms with E-state index in [9.17, 15) is 10.0 Å². The fourth-order valence-corrected chi connectivity index (χ4v) is 1.91. The van der Waals surface area contributed by atoms with Crippen LogP contribution in [0, 0.1) is 0 Å². The summed E-state index contributed by atoms with van der Waals surface area (Å²) in [4.78, 5) is 0. The molecule has 0 atom stereocenters. The summed E-state index contributed by atoms with van der Waals surface area (Å²) in [6.07, 6.45) is 0. The van der Waals surface area contributed by atoms with Crippen molar-refractivity contribution in [3.8, 4) is 16.9 Å². The van der Waals surface area contributed by atoms with Crippen LogP contribution in [-0.4, -0.2) is 23.8 Å². The molecule has 92 valence electrons. The van der Waals surface area contributed by atoms with Gasteiger partial charge in [0.1, 0.15) is 5.75 Å². The van der Waals surface area contributed by atoms with E-state index in [0.717, 1.165) is 11.1 Å². The van der Waals surface area contributed by atoms with E-state index < -0.39 is 7.12 Å². The Kier molecular flexibility index (Phi) is 4.02. The predicted molar refractivity (Wildman–Crippen MR) is 72.9 cm³/mol. The van der Waals surface area contributed by atoms with Crippen molar-refractivity contribution in [2.75, 3.05) is 6.61 Å². The minimum atomic E-state index is -1.53. The topological polar surface area (TPSA) is 49.7 Å². The molecule has 18 heavy (non-hydrogen) atoms. The van der Waals surface area contributed by atoms with Crippen LogP contribution in [0.15, 0.2) is 48.5 Å². The van der Waals surface area contributed by atoms with Gasteiger partial charge in [-0.2, -0.15) is 0 Å². The van der Waals surface area contributed by atoms with E-state index in [2.05, 4.69) is 0 Å². The second-order valence-electron chi connectivity index (χ2n) is 3.90. The van der Waals surface area contributed by atoms with Crippen LogP contribution >= 0.6 is 0 Å². The largest absolute Gasteiger partial charge is 0.494 e. The summed E-state index contributed by atoms with van der Waals surface area (Å²) in [7, 11) is -1.53. The molecule has 0 amide bonds. The fourth-order valence-electron chi connectivity index (χ4n) is 1.91. The Morgan fingerprint density at radius 2 is 1.72 bits per heavy atom. The van der Waals surface area contributed by atoms with E-state index in [4.69, 9.17) is 4.74 Å². The third-order valence-corrected chi connectivity index (χ3v) is 2.70. The molecule has 2 N–H and O–H groups in total. The highest BCUT2D eigenvalue weighted by Crippen LogP contribution is 2.28. The normalized spacial score (nSPS) is 10.2. The lowest BCUT2D eigenvalue weighted by Gasteiger charge is -2.14. The molecule has 0 spiro atoms. The van der Waals surface area contributed by atoms with Gasteiger partial charge in [0.05, 0.1) is 6.61 Å². The maximum absolute atomic E-state index is 9.38. The molecule has 0 aliphatic carbocycles. The van der Waals surface area contributed by atoms with Crippen LogP contribution in [0.5, 0.6) is 5.75 Å². The Bertz CT molecular complexity index is 512.